The van der Waals surface area contributed by atoms with Crippen LogP contribution in [-0.2, 0) is 10.0 Å². The minimum Gasteiger partial charge on any atom is -0.497 e. The van der Waals surface area contributed by atoms with E-state index in [1.54, 1.807) is 29.6 Å². The van der Waals surface area contributed by atoms with E-state index in [1.807, 2.05) is 43.3 Å². The average molecular weight is 412 g/mol. The second-order valence-electron chi connectivity index (χ2n) is 7.37. The number of hydrogen-bond acceptors (Lipinski definition) is 5. The summed E-state index contributed by atoms with van der Waals surface area (Å²) in [4.78, 5) is 4.94. The SMILES string of the molecule is COc1ccc(Nc2ccc3cc(S(=O)(=O)N4CCCC[C@H]4C)ccc3n2)cc1. The number of benzene rings is 2. The van der Waals surface area contributed by atoms with Gasteiger partial charge in [-0.25, -0.2) is 13.4 Å². The molecule has 0 saturated carbocycles. The summed E-state index contributed by atoms with van der Waals surface area (Å²) in [7, 11) is -1.86. The summed E-state index contributed by atoms with van der Waals surface area (Å²) in [5, 5.41) is 4.06. The molecule has 7 heteroatoms. The van der Waals surface area contributed by atoms with Crippen molar-refractivity contribution in [1.29, 1.82) is 0 Å². The average Bonchev–Trinajstić information content (AvgIpc) is 2.74. The number of hydrogen-bond donors (Lipinski definition) is 1. The van der Waals surface area contributed by atoms with Gasteiger partial charge in [0.2, 0.25) is 10.0 Å². The number of aromatic nitrogens is 1. The number of pyridine rings is 1. The molecule has 0 aliphatic carbocycles. The predicted molar refractivity (Wildman–Crippen MR) is 115 cm³/mol. The number of ether oxygens (including phenoxy) is 1. The molecule has 2 heterocycles. The number of nitrogens with one attached hydrogen (secondary N) is 1. The number of piperidine rings is 1. The Hall–Kier alpha value is -2.64. The molecule has 1 aliphatic rings. The van der Waals surface area contributed by atoms with Crippen LogP contribution >= 0.6 is 0 Å². The second-order valence-corrected chi connectivity index (χ2v) is 9.26. The smallest absolute Gasteiger partial charge is 0.243 e. The van der Waals surface area contributed by atoms with Crippen LogP contribution in [0.15, 0.2) is 59.5 Å². The molecule has 0 unspecified atom stereocenters. The normalized spacial score (nSPS) is 17.9. The van der Waals surface area contributed by atoms with Gasteiger partial charge in [0.05, 0.1) is 17.5 Å². The topological polar surface area (TPSA) is 71.5 Å². The molecule has 1 atom stereocenters. The summed E-state index contributed by atoms with van der Waals surface area (Å²) in [5.41, 5.74) is 1.64. The molecule has 0 bridgehead atoms. The van der Waals surface area contributed by atoms with E-state index in [0.717, 1.165) is 41.6 Å². The van der Waals surface area contributed by atoms with Crippen LogP contribution in [0.1, 0.15) is 26.2 Å². The van der Waals surface area contributed by atoms with Crippen LogP contribution in [-0.4, -0.2) is 37.4 Å². The van der Waals surface area contributed by atoms with Crippen molar-refractivity contribution in [3.8, 4) is 5.75 Å². The van der Waals surface area contributed by atoms with Crippen LogP contribution in [0, 0.1) is 0 Å². The summed E-state index contributed by atoms with van der Waals surface area (Å²) in [6.07, 6.45) is 2.91. The van der Waals surface area contributed by atoms with Crippen molar-refractivity contribution in [3.05, 3.63) is 54.6 Å². The van der Waals surface area contributed by atoms with Crippen LogP contribution in [0.2, 0.25) is 0 Å². The fraction of sp³-hybridized carbons (Fsp3) is 0.318. The molecule has 1 aromatic heterocycles. The Balaban J connectivity index is 1.59. The van der Waals surface area contributed by atoms with Crippen LogP contribution in [0.4, 0.5) is 11.5 Å². The third-order valence-electron chi connectivity index (χ3n) is 5.37. The van der Waals surface area contributed by atoms with Gasteiger partial charge in [-0.05, 0) is 74.4 Å². The first-order valence-corrected chi connectivity index (χ1v) is 11.2. The van der Waals surface area contributed by atoms with E-state index in [0.29, 0.717) is 17.3 Å². The van der Waals surface area contributed by atoms with Gasteiger partial charge in [0.15, 0.2) is 0 Å². The highest BCUT2D eigenvalue weighted by Crippen LogP contribution is 2.28. The number of anilines is 2. The maximum absolute atomic E-state index is 13.1. The highest BCUT2D eigenvalue weighted by molar-refractivity contribution is 7.89. The van der Waals surface area contributed by atoms with Crippen LogP contribution in [0.3, 0.4) is 0 Å². The Labute approximate surface area is 171 Å². The van der Waals surface area contributed by atoms with E-state index >= 15 is 0 Å². The van der Waals surface area contributed by atoms with E-state index in [-0.39, 0.29) is 6.04 Å². The molecule has 152 valence electrons. The molecule has 0 radical (unpaired) electrons. The molecule has 4 rings (SSSR count). The summed E-state index contributed by atoms with van der Waals surface area (Å²) in [6, 6.07) is 16.5. The van der Waals surface area contributed by atoms with Gasteiger partial charge in [-0.1, -0.05) is 6.42 Å². The fourth-order valence-corrected chi connectivity index (χ4v) is 5.46. The lowest BCUT2D eigenvalue weighted by molar-refractivity contribution is 0.268. The van der Waals surface area contributed by atoms with E-state index in [9.17, 15) is 8.42 Å². The maximum Gasteiger partial charge on any atom is 0.243 e. The summed E-state index contributed by atoms with van der Waals surface area (Å²) < 4.78 is 33.0. The second kappa shape index (κ2) is 8.00. The molecule has 3 aromatic rings. The monoisotopic (exact) mass is 411 g/mol. The first-order chi connectivity index (χ1) is 14.0. The Kier molecular flexibility index (Phi) is 5.43. The minimum atomic E-state index is -3.49. The summed E-state index contributed by atoms with van der Waals surface area (Å²) >= 11 is 0. The highest BCUT2D eigenvalue weighted by atomic mass is 32.2. The van der Waals surface area contributed by atoms with Crippen LogP contribution < -0.4 is 10.1 Å². The van der Waals surface area contributed by atoms with Crippen molar-refractivity contribution in [2.24, 2.45) is 0 Å². The molecule has 1 saturated heterocycles. The van der Waals surface area contributed by atoms with Gasteiger partial charge in [0.25, 0.3) is 0 Å². The lowest BCUT2D eigenvalue weighted by Gasteiger charge is -2.32. The van der Waals surface area contributed by atoms with Crippen molar-refractivity contribution < 1.29 is 13.2 Å². The van der Waals surface area contributed by atoms with Crippen molar-refractivity contribution in [1.82, 2.24) is 9.29 Å². The molecule has 1 N–H and O–H groups in total. The summed E-state index contributed by atoms with van der Waals surface area (Å²) in [6.45, 7) is 2.57. The molecule has 1 aliphatic heterocycles. The molecular weight excluding hydrogens is 386 g/mol. The van der Waals surface area contributed by atoms with Crippen molar-refractivity contribution in [3.63, 3.8) is 0 Å². The van der Waals surface area contributed by atoms with Crippen molar-refractivity contribution in [2.45, 2.75) is 37.1 Å². The van der Waals surface area contributed by atoms with E-state index in [4.69, 9.17) is 4.74 Å². The number of rotatable bonds is 5. The Morgan fingerprint density at radius 2 is 1.86 bits per heavy atom. The van der Waals surface area contributed by atoms with Gasteiger partial charge in [-0.3, -0.25) is 0 Å². The first kappa shape index (κ1) is 19.7. The fourth-order valence-electron chi connectivity index (χ4n) is 3.72. The van der Waals surface area contributed by atoms with E-state index in [2.05, 4.69) is 10.3 Å². The zero-order chi connectivity index (χ0) is 20.4. The predicted octanol–water partition coefficient (Wildman–Crippen LogP) is 4.55. The summed E-state index contributed by atoms with van der Waals surface area (Å²) in [5.74, 6) is 1.49. The van der Waals surface area contributed by atoms with Crippen LogP contribution in [0.5, 0.6) is 5.75 Å². The lowest BCUT2D eigenvalue weighted by Crippen LogP contribution is -2.41. The molecule has 29 heavy (non-hydrogen) atoms. The van der Waals surface area contributed by atoms with Gasteiger partial charge in [0.1, 0.15) is 11.6 Å². The minimum absolute atomic E-state index is 0.0404. The van der Waals surface area contributed by atoms with Gasteiger partial charge >= 0.3 is 0 Å². The van der Waals surface area contributed by atoms with E-state index in [1.165, 1.54) is 0 Å². The van der Waals surface area contributed by atoms with Gasteiger partial charge in [0, 0.05) is 23.7 Å². The standard InChI is InChI=1S/C22H25N3O3S/c1-16-5-3-4-14-25(16)29(26,27)20-11-12-21-17(15-20)6-13-22(24-21)23-18-7-9-19(28-2)10-8-18/h6-13,15-16H,3-5,14H2,1-2H3,(H,23,24)/t16-/m1/s1. The third kappa shape index (κ3) is 4.06. The number of sulfonamides is 1. The van der Waals surface area contributed by atoms with Gasteiger partial charge < -0.3 is 10.1 Å². The van der Waals surface area contributed by atoms with E-state index < -0.39 is 10.0 Å². The number of methoxy groups -OCH3 is 1. The Morgan fingerprint density at radius 1 is 1.07 bits per heavy atom. The zero-order valence-corrected chi connectivity index (χ0v) is 17.4. The van der Waals surface area contributed by atoms with Crippen LogP contribution in [0.25, 0.3) is 10.9 Å². The zero-order valence-electron chi connectivity index (χ0n) is 16.6. The van der Waals surface area contributed by atoms with Crippen molar-refractivity contribution in [2.75, 3.05) is 19.0 Å². The van der Waals surface area contributed by atoms with Gasteiger partial charge in [-0.2, -0.15) is 4.31 Å². The first-order valence-electron chi connectivity index (χ1n) is 9.81. The Bertz CT molecular complexity index is 1110. The largest absolute Gasteiger partial charge is 0.497 e. The number of fused-ring (bicyclic) bond motifs is 1. The lowest BCUT2D eigenvalue weighted by atomic mass is 10.1. The molecular formula is C22H25N3O3S. The highest BCUT2D eigenvalue weighted by Gasteiger charge is 2.31. The quantitative estimate of drug-likeness (QED) is 0.667. The Morgan fingerprint density at radius 3 is 2.59 bits per heavy atom. The molecule has 1 fully saturated rings. The molecule has 0 spiro atoms. The molecule has 0 amide bonds. The van der Waals surface area contributed by atoms with Crippen molar-refractivity contribution >= 4 is 32.4 Å². The maximum atomic E-state index is 13.1. The van der Waals surface area contributed by atoms with Gasteiger partial charge in [-0.15, -0.1) is 0 Å². The molecule has 6 nitrogen and oxygen atoms in total. The number of nitrogens with zero attached hydrogens (tertiary/aromatic N) is 2. The molecule has 2 aromatic carbocycles. The third-order valence-corrected chi connectivity index (χ3v) is 7.38.